The van der Waals surface area contributed by atoms with Crippen LogP contribution < -0.4 is 5.32 Å². The van der Waals surface area contributed by atoms with Crippen molar-refractivity contribution in [1.82, 2.24) is 9.78 Å². The summed E-state index contributed by atoms with van der Waals surface area (Å²) in [4.78, 5) is 0. The van der Waals surface area contributed by atoms with Gasteiger partial charge in [-0.3, -0.25) is 0 Å². The first-order valence-electron chi connectivity index (χ1n) is 8.36. The number of fused-ring (bicyclic) bond motifs is 1. The molecule has 1 aliphatic heterocycles. The molecule has 2 aromatic rings. The Balaban J connectivity index is 2.16. The van der Waals surface area contributed by atoms with Crippen LogP contribution in [0.4, 0.5) is 5.82 Å². The van der Waals surface area contributed by atoms with E-state index in [0.29, 0.717) is 5.92 Å². The molecule has 1 N–H and O–H groups in total. The van der Waals surface area contributed by atoms with Gasteiger partial charge in [0.25, 0.3) is 0 Å². The van der Waals surface area contributed by atoms with Crippen molar-refractivity contribution in [3.05, 3.63) is 40.0 Å². The van der Waals surface area contributed by atoms with E-state index in [-0.39, 0.29) is 0 Å². The summed E-state index contributed by atoms with van der Waals surface area (Å²) < 4.78 is 3.20. The summed E-state index contributed by atoms with van der Waals surface area (Å²) in [5, 5.41) is 8.65. The fraction of sp³-hybridized carbons (Fsp3) is 0.500. The summed E-state index contributed by atoms with van der Waals surface area (Å²) >= 11 is 3.67. The molecule has 0 spiro atoms. The van der Waals surface area contributed by atoms with E-state index in [1.165, 1.54) is 29.9 Å². The van der Waals surface area contributed by atoms with Crippen LogP contribution >= 0.6 is 15.9 Å². The van der Waals surface area contributed by atoms with Crippen molar-refractivity contribution in [2.24, 2.45) is 0 Å². The molecule has 1 aliphatic rings. The van der Waals surface area contributed by atoms with Crippen LogP contribution in [0.25, 0.3) is 5.69 Å². The van der Waals surface area contributed by atoms with E-state index in [1.54, 1.807) is 0 Å². The third-order valence-electron chi connectivity index (χ3n) is 4.61. The molecule has 3 nitrogen and oxygen atoms in total. The van der Waals surface area contributed by atoms with Gasteiger partial charge in [-0.15, -0.1) is 0 Å². The van der Waals surface area contributed by atoms with E-state index < -0.39 is 0 Å². The van der Waals surface area contributed by atoms with Gasteiger partial charge in [0.05, 0.1) is 11.4 Å². The Bertz CT molecular complexity index is 644. The van der Waals surface area contributed by atoms with Gasteiger partial charge in [0.1, 0.15) is 5.82 Å². The Morgan fingerprint density at radius 2 is 2.00 bits per heavy atom. The molecule has 0 unspecified atom stereocenters. The molecule has 4 heteroatoms. The third-order valence-corrected chi connectivity index (χ3v) is 5.28. The fourth-order valence-corrected chi connectivity index (χ4v) is 3.78. The number of aromatic nitrogens is 2. The second-order valence-electron chi connectivity index (χ2n) is 5.97. The van der Waals surface area contributed by atoms with Gasteiger partial charge in [0, 0.05) is 22.5 Å². The predicted molar refractivity (Wildman–Crippen MR) is 96.0 cm³/mol. The molecule has 0 aliphatic carbocycles. The highest BCUT2D eigenvalue weighted by atomic mass is 79.9. The first-order valence-corrected chi connectivity index (χ1v) is 9.16. The molecule has 0 fully saturated rings. The van der Waals surface area contributed by atoms with Crippen molar-refractivity contribution < 1.29 is 0 Å². The van der Waals surface area contributed by atoms with Gasteiger partial charge in [-0.05, 0) is 60.2 Å². The number of nitrogens with zero attached hydrogens (tertiary/aromatic N) is 2. The zero-order chi connectivity index (χ0) is 15.5. The molecule has 118 valence electrons. The van der Waals surface area contributed by atoms with Crippen molar-refractivity contribution in [3.63, 3.8) is 0 Å². The van der Waals surface area contributed by atoms with E-state index in [0.717, 1.165) is 36.0 Å². The second-order valence-corrected chi connectivity index (χ2v) is 6.83. The van der Waals surface area contributed by atoms with Crippen LogP contribution in [0.5, 0.6) is 0 Å². The summed E-state index contributed by atoms with van der Waals surface area (Å²) in [6.45, 7) is 5.57. The van der Waals surface area contributed by atoms with Crippen molar-refractivity contribution in [1.29, 1.82) is 0 Å². The zero-order valence-corrected chi connectivity index (χ0v) is 15.0. The Hall–Kier alpha value is -1.29. The maximum atomic E-state index is 5.03. The van der Waals surface area contributed by atoms with Crippen LogP contribution in [0.3, 0.4) is 0 Å². The van der Waals surface area contributed by atoms with Crippen LogP contribution in [0.1, 0.15) is 56.7 Å². The van der Waals surface area contributed by atoms with Crippen LogP contribution in [0, 0.1) is 0 Å². The van der Waals surface area contributed by atoms with E-state index in [1.807, 2.05) is 6.07 Å². The minimum atomic E-state index is 0.553. The van der Waals surface area contributed by atoms with Crippen molar-refractivity contribution in [2.75, 3.05) is 11.9 Å². The molecule has 3 rings (SSSR count). The lowest BCUT2D eigenvalue weighted by Crippen LogP contribution is -2.07. The Labute approximate surface area is 141 Å². The van der Waals surface area contributed by atoms with Crippen LogP contribution in [-0.4, -0.2) is 16.3 Å². The molecule has 0 amide bonds. The largest absolute Gasteiger partial charge is 0.370 e. The first kappa shape index (κ1) is 15.6. The summed E-state index contributed by atoms with van der Waals surface area (Å²) in [7, 11) is 0. The highest BCUT2D eigenvalue weighted by Crippen LogP contribution is 2.35. The number of hydrogen-bond acceptors (Lipinski definition) is 2. The number of halogens is 1. The van der Waals surface area contributed by atoms with Gasteiger partial charge in [0.2, 0.25) is 0 Å². The Kier molecular flexibility index (Phi) is 4.87. The number of nitrogens with one attached hydrogen (secondary N) is 1. The molecule has 0 saturated carbocycles. The van der Waals surface area contributed by atoms with E-state index in [4.69, 9.17) is 5.10 Å². The average Bonchev–Trinajstić information content (AvgIpc) is 2.72. The van der Waals surface area contributed by atoms with Gasteiger partial charge >= 0.3 is 0 Å². The molecule has 1 aromatic heterocycles. The molecule has 2 heterocycles. The summed E-state index contributed by atoms with van der Waals surface area (Å²) in [6.07, 6.45) is 5.91. The minimum Gasteiger partial charge on any atom is -0.370 e. The fourth-order valence-electron chi connectivity index (χ4n) is 3.33. The molecule has 0 atom stereocenters. The van der Waals surface area contributed by atoms with E-state index in [9.17, 15) is 0 Å². The second kappa shape index (κ2) is 6.86. The van der Waals surface area contributed by atoms with E-state index >= 15 is 0 Å². The molecular formula is C18H24BrN3. The van der Waals surface area contributed by atoms with Gasteiger partial charge in [-0.1, -0.05) is 26.0 Å². The average molecular weight is 362 g/mol. The maximum Gasteiger partial charge on any atom is 0.133 e. The first-order chi connectivity index (χ1) is 10.8. The Morgan fingerprint density at radius 3 is 2.73 bits per heavy atom. The molecular weight excluding hydrogens is 338 g/mol. The topological polar surface area (TPSA) is 29.9 Å². The number of para-hydroxylation sites is 1. The number of hydrogen-bond donors (Lipinski definition) is 1. The smallest absolute Gasteiger partial charge is 0.133 e. The number of rotatable bonds is 4. The van der Waals surface area contributed by atoms with E-state index in [2.05, 4.69) is 58.0 Å². The lowest BCUT2D eigenvalue weighted by atomic mass is 9.94. The van der Waals surface area contributed by atoms with Crippen LogP contribution in [0.2, 0.25) is 0 Å². The molecule has 0 bridgehead atoms. The number of benzene rings is 1. The molecule has 1 aromatic carbocycles. The standard InChI is InChI=1S/C18H24BrN3/c1-3-13(4-2)17-14-9-7-8-12-20-18(14)22(21-17)16-11-6-5-10-15(16)19/h5-6,10-11,13,20H,3-4,7-9,12H2,1-2H3. The highest BCUT2D eigenvalue weighted by molar-refractivity contribution is 9.10. The van der Waals surface area contributed by atoms with Gasteiger partial charge in [-0.2, -0.15) is 5.10 Å². The van der Waals surface area contributed by atoms with Crippen LogP contribution in [-0.2, 0) is 6.42 Å². The molecule has 0 radical (unpaired) electrons. The van der Waals surface area contributed by atoms with Gasteiger partial charge in [-0.25, -0.2) is 4.68 Å². The molecule has 0 saturated heterocycles. The summed E-state index contributed by atoms with van der Waals surface area (Å²) in [5.41, 5.74) is 3.84. The SMILES string of the molecule is CCC(CC)c1nn(-c2ccccc2Br)c2c1CCCCN2. The van der Waals surface area contributed by atoms with Crippen molar-refractivity contribution in [2.45, 2.75) is 51.9 Å². The van der Waals surface area contributed by atoms with Crippen molar-refractivity contribution in [3.8, 4) is 5.69 Å². The maximum absolute atomic E-state index is 5.03. The third kappa shape index (κ3) is 2.81. The predicted octanol–water partition coefficient (Wildman–Crippen LogP) is 5.29. The summed E-state index contributed by atoms with van der Waals surface area (Å²) in [6, 6.07) is 8.32. The minimum absolute atomic E-state index is 0.553. The highest BCUT2D eigenvalue weighted by Gasteiger charge is 2.24. The monoisotopic (exact) mass is 361 g/mol. The lowest BCUT2D eigenvalue weighted by molar-refractivity contribution is 0.605. The van der Waals surface area contributed by atoms with Crippen molar-refractivity contribution >= 4 is 21.7 Å². The normalized spacial score (nSPS) is 14.5. The zero-order valence-electron chi connectivity index (χ0n) is 13.4. The quantitative estimate of drug-likeness (QED) is 0.801. The lowest BCUT2D eigenvalue weighted by Gasteiger charge is -2.11. The summed E-state index contributed by atoms with van der Waals surface area (Å²) in [5.74, 6) is 1.75. The molecule has 22 heavy (non-hydrogen) atoms. The number of anilines is 1. The van der Waals surface area contributed by atoms with Gasteiger partial charge in [0.15, 0.2) is 0 Å². The Morgan fingerprint density at radius 1 is 1.23 bits per heavy atom. The van der Waals surface area contributed by atoms with Gasteiger partial charge < -0.3 is 5.32 Å². The van der Waals surface area contributed by atoms with Crippen LogP contribution in [0.15, 0.2) is 28.7 Å².